The number of aromatic nitrogens is 1. The first kappa shape index (κ1) is 13.0. The van der Waals surface area contributed by atoms with E-state index in [0.717, 1.165) is 21.8 Å². The average Bonchev–Trinajstić information content (AvgIpc) is 2.85. The van der Waals surface area contributed by atoms with Gasteiger partial charge in [-0.15, -0.1) is 22.7 Å². The highest BCUT2D eigenvalue weighted by Gasteiger charge is 2.39. The number of halogens is 3. The monoisotopic (exact) mass is 292 g/mol. The van der Waals surface area contributed by atoms with Crippen molar-refractivity contribution in [1.82, 2.24) is 4.98 Å². The molecule has 3 nitrogen and oxygen atoms in total. The number of hydrogen-bond donors (Lipinski definition) is 1. The van der Waals surface area contributed by atoms with Crippen molar-refractivity contribution < 1.29 is 18.0 Å². The summed E-state index contributed by atoms with van der Waals surface area (Å²) in [5, 5.41) is 5.13. The minimum Gasteiger partial charge on any atom is -0.294 e. The summed E-state index contributed by atoms with van der Waals surface area (Å²) in [4.78, 5) is 15.7. The van der Waals surface area contributed by atoms with Crippen LogP contribution in [0, 0.1) is 6.92 Å². The summed E-state index contributed by atoms with van der Waals surface area (Å²) in [6, 6.07) is 1.88. The third-order valence-electron chi connectivity index (χ3n) is 2.01. The lowest BCUT2D eigenvalue weighted by Crippen LogP contribution is -2.29. The first-order chi connectivity index (χ1) is 8.36. The number of amides is 1. The zero-order valence-corrected chi connectivity index (χ0v) is 10.7. The molecule has 2 rings (SSSR count). The Bertz CT molecular complexity index is 574. The summed E-state index contributed by atoms with van der Waals surface area (Å²) in [6.07, 6.45) is -4.90. The van der Waals surface area contributed by atoms with Crippen LogP contribution in [0.3, 0.4) is 0 Å². The number of nitrogens with one attached hydrogen (secondary N) is 1. The van der Waals surface area contributed by atoms with Crippen molar-refractivity contribution in [2.24, 2.45) is 0 Å². The van der Waals surface area contributed by atoms with Gasteiger partial charge in [0.1, 0.15) is 0 Å². The lowest BCUT2D eigenvalue weighted by atomic mass is 10.2. The van der Waals surface area contributed by atoms with E-state index in [1.165, 1.54) is 11.3 Å². The first-order valence-corrected chi connectivity index (χ1v) is 6.51. The standard InChI is InChI=1S/C10H7F3N2OS2/c1-5-2-6(3-17-5)7-4-18-9(14-7)15-8(16)10(11,12)13/h2-4H,1H3,(H,14,15,16). The van der Waals surface area contributed by atoms with E-state index in [4.69, 9.17) is 0 Å². The maximum absolute atomic E-state index is 12.0. The van der Waals surface area contributed by atoms with Gasteiger partial charge in [0.05, 0.1) is 5.69 Å². The number of anilines is 1. The Morgan fingerprint density at radius 2 is 2.06 bits per heavy atom. The molecule has 0 unspecified atom stereocenters. The fourth-order valence-electron chi connectivity index (χ4n) is 1.21. The topological polar surface area (TPSA) is 42.0 Å². The summed E-state index contributed by atoms with van der Waals surface area (Å²) < 4.78 is 36.1. The van der Waals surface area contributed by atoms with Crippen molar-refractivity contribution in [2.75, 3.05) is 5.32 Å². The second-order valence-corrected chi connectivity index (χ2v) is 5.41. The third kappa shape index (κ3) is 2.88. The number of thiazole rings is 1. The van der Waals surface area contributed by atoms with Gasteiger partial charge in [0.15, 0.2) is 5.13 Å². The fourth-order valence-corrected chi connectivity index (χ4v) is 2.62. The number of carbonyl (C=O) groups excluding carboxylic acids is 1. The Hall–Kier alpha value is -1.41. The van der Waals surface area contributed by atoms with Crippen molar-refractivity contribution in [3.8, 4) is 11.3 Å². The van der Waals surface area contributed by atoms with Crippen molar-refractivity contribution >= 4 is 33.7 Å². The van der Waals surface area contributed by atoms with Gasteiger partial charge >= 0.3 is 12.1 Å². The zero-order valence-electron chi connectivity index (χ0n) is 9.04. The normalized spacial score (nSPS) is 11.6. The molecule has 0 radical (unpaired) electrons. The van der Waals surface area contributed by atoms with E-state index in [1.807, 2.05) is 18.4 Å². The molecule has 0 aliphatic rings. The molecule has 0 spiro atoms. The molecule has 8 heteroatoms. The second kappa shape index (κ2) is 4.69. The minimum absolute atomic E-state index is 0.0591. The molecular weight excluding hydrogens is 285 g/mol. The number of hydrogen-bond acceptors (Lipinski definition) is 4. The Morgan fingerprint density at radius 1 is 1.33 bits per heavy atom. The smallest absolute Gasteiger partial charge is 0.294 e. The number of nitrogens with zero attached hydrogens (tertiary/aromatic N) is 1. The number of carbonyl (C=O) groups is 1. The summed E-state index contributed by atoms with van der Waals surface area (Å²) in [7, 11) is 0. The SMILES string of the molecule is Cc1cc(-c2csc(NC(=O)C(F)(F)F)n2)cs1. The van der Waals surface area contributed by atoms with Crippen LogP contribution in [-0.2, 0) is 4.79 Å². The molecule has 0 bridgehead atoms. The highest BCUT2D eigenvalue weighted by molar-refractivity contribution is 7.14. The van der Waals surface area contributed by atoms with Crippen LogP contribution in [0.5, 0.6) is 0 Å². The quantitative estimate of drug-likeness (QED) is 0.917. The average molecular weight is 292 g/mol. The van der Waals surface area contributed by atoms with Crippen LogP contribution in [0.25, 0.3) is 11.3 Å². The molecule has 0 fully saturated rings. The van der Waals surface area contributed by atoms with Gasteiger partial charge in [-0.3, -0.25) is 10.1 Å². The van der Waals surface area contributed by atoms with E-state index in [0.29, 0.717) is 5.69 Å². The number of aryl methyl sites for hydroxylation is 1. The highest BCUT2D eigenvalue weighted by atomic mass is 32.1. The van der Waals surface area contributed by atoms with E-state index >= 15 is 0 Å². The maximum Gasteiger partial charge on any atom is 0.471 e. The first-order valence-electron chi connectivity index (χ1n) is 4.75. The van der Waals surface area contributed by atoms with Crippen molar-refractivity contribution in [1.29, 1.82) is 0 Å². The van der Waals surface area contributed by atoms with Crippen LogP contribution < -0.4 is 5.32 Å². The Morgan fingerprint density at radius 3 is 2.61 bits per heavy atom. The summed E-state index contributed by atoms with van der Waals surface area (Å²) >= 11 is 2.48. The number of thiophene rings is 1. The van der Waals surface area contributed by atoms with Gasteiger partial charge in [0.25, 0.3) is 0 Å². The van der Waals surface area contributed by atoms with E-state index in [-0.39, 0.29) is 5.13 Å². The van der Waals surface area contributed by atoms with Crippen LogP contribution in [0.2, 0.25) is 0 Å². The highest BCUT2D eigenvalue weighted by Crippen LogP contribution is 2.29. The molecule has 2 aromatic rings. The van der Waals surface area contributed by atoms with Crippen molar-refractivity contribution in [3.05, 3.63) is 21.7 Å². The molecule has 0 aromatic carbocycles. The van der Waals surface area contributed by atoms with E-state index < -0.39 is 12.1 Å². The van der Waals surface area contributed by atoms with Gasteiger partial charge in [-0.05, 0) is 13.0 Å². The Balaban J connectivity index is 2.14. The number of rotatable bonds is 2. The molecule has 0 aliphatic heterocycles. The predicted molar refractivity (Wildman–Crippen MR) is 64.8 cm³/mol. The van der Waals surface area contributed by atoms with Crippen LogP contribution >= 0.6 is 22.7 Å². The third-order valence-corrected chi connectivity index (χ3v) is 3.63. The molecule has 1 amide bonds. The fraction of sp³-hybridized carbons (Fsp3) is 0.200. The lowest BCUT2D eigenvalue weighted by Gasteiger charge is -2.04. The van der Waals surface area contributed by atoms with Gasteiger partial charge in [-0.1, -0.05) is 0 Å². The lowest BCUT2D eigenvalue weighted by molar-refractivity contribution is -0.167. The molecule has 0 aliphatic carbocycles. The van der Waals surface area contributed by atoms with Gasteiger partial charge in [-0.2, -0.15) is 13.2 Å². The number of alkyl halides is 3. The molecule has 2 heterocycles. The van der Waals surface area contributed by atoms with Gasteiger partial charge < -0.3 is 0 Å². The van der Waals surface area contributed by atoms with Gasteiger partial charge in [0, 0.05) is 21.2 Å². The molecule has 0 saturated carbocycles. The van der Waals surface area contributed by atoms with Crippen molar-refractivity contribution in [2.45, 2.75) is 13.1 Å². The van der Waals surface area contributed by atoms with Crippen LogP contribution in [0.4, 0.5) is 18.3 Å². The molecular formula is C10H7F3N2OS2. The molecule has 0 atom stereocenters. The Labute approximate surface area is 108 Å². The van der Waals surface area contributed by atoms with E-state index in [1.54, 1.807) is 10.7 Å². The molecule has 0 saturated heterocycles. The van der Waals surface area contributed by atoms with Gasteiger partial charge in [0.2, 0.25) is 0 Å². The van der Waals surface area contributed by atoms with Crippen LogP contribution in [0.1, 0.15) is 4.88 Å². The molecule has 18 heavy (non-hydrogen) atoms. The maximum atomic E-state index is 12.0. The zero-order chi connectivity index (χ0) is 13.3. The summed E-state index contributed by atoms with van der Waals surface area (Å²) in [5.74, 6) is -2.01. The van der Waals surface area contributed by atoms with E-state index in [2.05, 4.69) is 4.98 Å². The van der Waals surface area contributed by atoms with Gasteiger partial charge in [-0.25, -0.2) is 4.98 Å². The van der Waals surface area contributed by atoms with Crippen molar-refractivity contribution in [3.63, 3.8) is 0 Å². The largest absolute Gasteiger partial charge is 0.471 e. The molecule has 1 N–H and O–H groups in total. The molecule has 2 aromatic heterocycles. The Kier molecular flexibility index (Phi) is 3.40. The molecule has 96 valence electrons. The van der Waals surface area contributed by atoms with Crippen LogP contribution in [-0.4, -0.2) is 17.1 Å². The van der Waals surface area contributed by atoms with E-state index in [9.17, 15) is 18.0 Å². The second-order valence-electron chi connectivity index (χ2n) is 3.44. The van der Waals surface area contributed by atoms with Crippen LogP contribution in [0.15, 0.2) is 16.8 Å². The summed E-state index contributed by atoms with van der Waals surface area (Å²) in [5.41, 5.74) is 1.39. The summed E-state index contributed by atoms with van der Waals surface area (Å²) in [6.45, 7) is 1.92. The predicted octanol–water partition coefficient (Wildman–Crippen LogP) is 3.68. The minimum atomic E-state index is -4.90.